The first-order chi connectivity index (χ1) is 7.84. The van der Waals surface area contributed by atoms with Crippen LogP contribution in [0.1, 0.15) is 24.3 Å². The van der Waals surface area contributed by atoms with E-state index in [2.05, 4.69) is 10.4 Å². The topological polar surface area (TPSA) is 116 Å². The van der Waals surface area contributed by atoms with E-state index in [1.807, 2.05) is 0 Å². The van der Waals surface area contributed by atoms with Gasteiger partial charge in [0.2, 0.25) is 5.91 Å². The monoisotopic (exact) mass is 239 g/mol. The zero-order valence-electron chi connectivity index (χ0n) is 10.1. The first-order valence-electron chi connectivity index (χ1n) is 5.22. The molecule has 1 rings (SSSR count). The first-order valence-corrected chi connectivity index (χ1v) is 5.22. The highest BCUT2D eigenvalue weighted by Crippen LogP contribution is 2.10. The summed E-state index contributed by atoms with van der Waals surface area (Å²) in [6.07, 6.45) is 1.38. The molecule has 1 heterocycles. The fourth-order valence-corrected chi connectivity index (χ4v) is 1.51. The van der Waals surface area contributed by atoms with Gasteiger partial charge in [-0.15, -0.1) is 0 Å². The van der Waals surface area contributed by atoms with Crippen molar-refractivity contribution in [2.75, 3.05) is 5.73 Å². The highest BCUT2D eigenvalue weighted by atomic mass is 16.2. The minimum atomic E-state index is -0.725. The second-order valence-corrected chi connectivity index (χ2v) is 4.17. The van der Waals surface area contributed by atoms with Gasteiger partial charge in [-0.25, -0.2) is 0 Å². The SMILES string of the molecule is CC(C)C(NC(=O)c1c(N)cnn1C)C(N)=O. The molecule has 0 aliphatic carbocycles. The zero-order valence-corrected chi connectivity index (χ0v) is 10.1. The lowest BCUT2D eigenvalue weighted by molar-refractivity contribution is -0.120. The molecule has 1 atom stereocenters. The van der Waals surface area contributed by atoms with Gasteiger partial charge in [0, 0.05) is 7.05 Å². The summed E-state index contributed by atoms with van der Waals surface area (Å²) in [5.41, 5.74) is 11.3. The van der Waals surface area contributed by atoms with Crippen molar-refractivity contribution in [3.05, 3.63) is 11.9 Å². The zero-order chi connectivity index (χ0) is 13.2. The number of nitrogens with one attached hydrogen (secondary N) is 1. The number of primary amides is 1. The third kappa shape index (κ3) is 2.74. The van der Waals surface area contributed by atoms with Crippen LogP contribution in [0.25, 0.3) is 0 Å². The van der Waals surface area contributed by atoms with Gasteiger partial charge in [0.25, 0.3) is 5.91 Å². The molecule has 7 nitrogen and oxygen atoms in total. The number of aryl methyl sites for hydroxylation is 1. The van der Waals surface area contributed by atoms with Crippen LogP contribution in [-0.2, 0) is 11.8 Å². The molecule has 0 aliphatic heterocycles. The lowest BCUT2D eigenvalue weighted by atomic mass is 10.0. The molecule has 94 valence electrons. The molecule has 7 heteroatoms. The average molecular weight is 239 g/mol. The molecule has 0 aliphatic rings. The molecule has 0 spiro atoms. The number of nitrogens with two attached hydrogens (primary N) is 2. The van der Waals surface area contributed by atoms with Gasteiger partial charge in [0.15, 0.2) is 0 Å². The molecule has 0 aromatic carbocycles. The van der Waals surface area contributed by atoms with E-state index in [9.17, 15) is 9.59 Å². The average Bonchev–Trinajstić information content (AvgIpc) is 2.53. The highest BCUT2D eigenvalue weighted by Gasteiger charge is 2.24. The first kappa shape index (κ1) is 13.0. The van der Waals surface area contributed by atoms with Gasteiger partial charge < -0.3 is 16.8 Å². The molecule has 17 heavy (non-hydrogen) atoms. The maximum Gasteiger partial charge on any atom is 0.272 e. The van der Waals surface area contributed by atoms with Gasteiger partial charge in [0.05, 0.1) is 11.9 Å². The van der Waals surface area contributed by atoms with E-state index in [1.165, 1.54) is 10.9 Å². The number of nitrogen functional groups attached to an aromatic ring is 1. The van der Waals surface area contributed by atoms with Crippen molar-refractivity contribution in [3.8, 4) is 0 Å². The van der Waals surface area contributed by atoms with Crippen molar-refractivity contribution in [3.63, 3.8) is 0 Å². The third-order valence-corrected chi connectivity index (χ3v) is 2.44. The van der Waals surface area contributed by atoms with Gasteiger partial charge in [0.1, 0.15) is 11.7 Å². The number of hydrogen-bond donors (Lipinski definition) is 3. The molecule has 0 radical (unpaired) electrons. The predicted octanol–water partition coefficient (Wildman–Crippen LogP) is -0.758. The third-order valence-electron chi connectivity index (χ3n) is 2.44. The summed E-state index contributed by atoms with van der Waals surface area (Å²) in [6, 6.07) is -0.725. The number of carbonyl (C=O) groups excluding carboxylic acids is 2. The normalized spacial score (nSPS) is 12.5. The summed E-state index contributed by atoms with van der Waals surface area (Å²) >= 11 is 0. The molecule has 0 saturated carbocycles. The Morgan fingerprint density at radius 1 is 1.47 bits per heavy atom. The van der Waals surface area contributed by atoms with Crippen LogP contribution in [0.4, 0.5) is 5.69 Å². The molecule has 1 aromatic heterocycles. The molecule has 0 fully saturated rings. The summed E-state index contributed by atoms with van der Waals surface area (Å²) in [4.78, 5) is 23.1. The second-order valence-electron chi connectivity index (χ2n) is 4.17. The Labute approximate surface area is 99.1 Å². The van der Waals surface area contributed by atoms with Crippen LogP contribution in [0.15, 0.2) is 6.20 Å². The van der Waals surface area contributed by atoms with Crippen LogP contribution in [-0.4, -0.2) is 27.6 Å². The number of nitrogens with zero attached hydrogens (tertiary/aromatic N) is 2. The highest BCUT2D eigenvalue weighted by molar-refractivity contribution is 5.99. The fourth-order valence-electron chi connectivity index (χ4n) is 1.51. The number of amides is 2. The van der Waals surface area contributed by atoms with Crippen LogP contribution < -0.4 is 16.8 Å². The quantitative estimate of drug-likeness (QED) is 0.640. The number of carbonyl (C=O) groups is 2. The van der Waals surface area contributed by atoms with E-state index in [1.54, 1.807) is 20.9 Å². The molecule has 1 aromatic rings. The van der Waals surface area contributed by atoms with Crippen molar-refractivity contribution in [1.29, 1.82) is 0 Å². The Hall–Kier alpha value is -2.05. The molecule has 5 N–H and O–H groups in total. The van der Waals surface area contributed by atoms with E-state index in [0.29, 0.717) is 0 Å². The van der Waals surface area contributed by atoms with Gasteiger partial charge >= 0.3 is 0 Å². The summed E-state index contributed by atoms with van der Waals surface area (Å²) in [7, 11) is 1.60. The van der Waals surface area contributed by atoms with Crippen molar-refractivity contribution in [2.24, 2.45) is 18.7 Å². The summed E-state index contributed by atoms with van der Waals surface area (Å²) < 4.78 is 1.35. The van der Waals surface area contributed by atoms with Gasteiger partial charge in [-0.05, 0) is 5.92 Å². The predicted molar refractivity (Wildman–Crippen MR) is 62.9 cm³/mol. The molecule has 2 amide bonds. The summed E-state index contributed by atoms with van der Waals surface area (Å²) in [5.74, 6) is -1.13. The largest absolute Gasteiger partial charge is 0.396 e. The number of aromatic nitrogens is 2. The minimum absolute atomic E-state index is 0.0918. The van der Waals surface area contributed by atoms with Crippen LogP contribution >= 0.6 is 0 Å². The minimum Gasteiger partial charge on any atom is -0.396 e. The van der Waals surface area contributed by atoms with E-state index in [-0.39, 0.29) is 17.3 Å². The maximum atomic E-state index is 11.9. The van der Waals surface area contributed by atoms with E-state index < -0.39 is 17.9 Å². The van der Waals surface area contributed by atoms with E-state index in [4.69, 9.17) is 11.5 Å². The molecular formula is C10H17N5O2. The van der Waals surface area contributed by atoms with Crippen LogP contribution in [0.2, 0.25) is 0 Å². The Morgan fingerprint density at radius 2 is 2.06 bits per heavy atom. The van der Waals surface area contributed by atoms with Crippen molar-refractivity contribution < 1.29 is 9.59 Å². The lowest BCUT2D eigenvalue weighted by Gasteiger charge is -2.18. The van der Waals surface area contributed by atoms with Crippen molar-refractivity contribution in [2.45, 2.75) is 19.9 Å². The maximum absolute atomic E-state index is 11.9. The van der Waals surface area contributed by atoms with Crippen LogP contribution in [0.3, 0.4) is 0 Å². The fraction of sp³-hybridized carbons (Fsp3) is 0.500. The Kier molecular flexibility index (Phi) is 3.72. The lowest BCUT2D eigenvalue weighted by Crippen LogP contribution is -2.48. The number of rotatable bonds is 4. The smallest absolute Gasteiger partial charge is 0.272 e. The van der Waals surface area contributed by atoms with Gasteiger partial charge in [-0.1, -0.05) is 13.8 Å². The van der Waals surface area contributed by atoms with Crippen molar-refractivity contribution in [1.82, 2.24) is 15.1 Å². The second kappa shape index (κ2) is 4.86. The van der Waals surface area contributed by atoms with Gasteiger partial charge in [-0.2, -0.15) is 5.10 Å². The van der Waals surface area contributed by atoms with E-state index >= 15 is 0 Å². The van der Waals surface area contributed by atoms with Crippen LogP contribution in [0.5, 0.6) is 0 Å². The number of hydrogen-bond acceptors (Lipinski definition) is 4. The van der Waals surface area contributed by atoms with Crippen molar-refractivity contribution >= 4 is 17.5 Å². The standard InChI is InChI=1S/C10H17N5O2/c1-5(2)7(9(12)16)14-10(17)8-6(11)4-13-15(8)3/h4-5,7H,11H2,1-3H3,(H2,12,16)(H,14,17). The Morgan fingerprint density at radius 3 is 2.41 bits per heavy atom. The molecule has 0 saturated heterocycles. The van der Waals surface area contributed by atoms with Crippen LogP contribution in [0, 0.1) is 5.92 Å². The van der Waals surface area contributed by atoms with E-state index in [0.717, 1.165) is 0 Å². The number of anilines is 1. The Bertz CT molecular complexity index is 418. The summed E-state index contributed by atoms with van der Waals surface area (Å²) in [5, 5.41) is 6.39. The van der Waals surface area contributed by atoms with Gasteiger partial charge in [-0.3, -0.25) is 14.3 Å². The molecule has 1 unspecified atom stereocenters. The Balaban J connectivity index is 2.89. The molecular weight excluding hydrogens is 222 g/mol. The molecule has 0 bridgehead atoms. The summed E-state index contributed by atoms with van der Waals surface area (Å²) in [6.45, 7) is 3.59.